The fourth-order valence-electron chi connectivity index (χ4n) is 0.930. The highest BCUT2D eigenvalue weighted by molar-refractivity contribution is 5.01. The number of hydrogen-bond acceptors (Lipinski definition) is 2. The molecule has 1 aromatic rings. The maximum absolute atomic E-state index is 8.72. The van der Waals surface area contributed by atoms with E-state index in [2.05, 4.69) is 12.0 Å². The molecule has 0 fully saturated rings. The van der Waals surface area contributed by atoms with Crippen molar-refractivity contribution in [1.82, 2.24) is 9.78 Å². The Morgan fingerprint density at radius 2 is 2.45 bits per heavy atom. The van der Waals surface area contributed by atoms with Crippen molar-refractivity contribution in [3.8, 4) is 0 Å². The summed E-state index contributed by atoms with van der Waals surface area (Å²) in [5, 5.41) is 12.8. The molecule has 1 heterocycles. The SMILES string of the molecule is CCCCn1cc(CO)cn1. The molecule has 0 saturated heterocycles. The van der Waals surface area contributed by atoms with Crippen molar-refractivity contribution in [2.45, 2.75) is 32.9 Å². The third-order valence-electron chi connectivity index (χ3n) is 1.61. The molecule has 11 heavy (non-hydrogen) atoms. The van der Waals surface area contributed by atoms with Crippen LogP contribution < -0.4 is 0 Å². The average Bonchev–Trinajstić information content (AvgIpc) is 2.48. The number of aliphatic hydroxyl groups is 1. The Kier molecular flexibility index (Phi) is 3.11. The predicted molar refractivity (Wildman–Crippen MR) is 43.1 cm³/mol. The molecule has 3 heteroatoms. The quantitative estimate of drug-likeness (QED) is 0.707. The van der Waals surface area contributed by atoms with E-state index in [-0.39, 0.29) is 6.61 Å². The molecule has 1 aromatic heterocycles. The zero-order valence-electron chi connectivity index (χ0n) is 6.82. The smallest absolute Gasteiger partial charge is 0.0712 e. The van der Waals surface area contributed by atoms with E-state index in [0.717, 1.165) is 18.5 Å². The van der Waals surface area contributed by atoms with Crippen molar-refractivity contribution in [3.05, 3.63) is 18.0 Å². The predicted octanol–water partition coefficient (Wildman–Crippen LogP) is 1.18. The van der Waals surface area contributed by atoms with Crippen molar-refractivity contribution in [2.24, 2.45) is 0 Å². The van der Waals surface area contributed by atoms with Gasteiger partial charge in [0.1, 0.15) is 0 Å². The van der Waals surface area contributed by atoms with Crippen LogP contribution in [0.5, 0.6) is 0 Å². The van der Waals surface area contributed by atoms with Gasteiger partial charge in [0, 0.05) is 18.3 Å². The van der Waals surface area contributed by atoms with Gasteiger partial charge in [-0.05, 0) is 6.42 Å². The van der Waals surface area contributed by atoms with Gasteiger partial charge in [-0.25, -0.2) is 0 Å². The summed E-state index contributed by atoms with van der Waals surface area (Å²) in [6, 6.07) is 0. The maximum atomic E-state index is 8.72. The highest BCUT2D eigenvalue weighted by atomic mass is 16.3. The van der Waals surface area contributed by atoms with E-state index >= 15 is 0 Å². The van der Waals surface area contributed by atoms with Crippen LogP contribution in [0.2, 0.25) is 0 Å². The third-order valence-corrected chi connectivity index (χ3v) is 1.61. The van der Waals surface area contributed by atoms with Crippen molar-refractivity contribution in [2.75, 3.05) is 0 Å². The van der Waals surface area contributed by atoms with E-state index < -0.39 is 0 Å². The molecule has 0 aromatic carbocycles. The molecule has 0 spiro atoms. The van der Waals surface area contributed by atoms with E-state index in [4.69, 9.17) is 5.11 Å². The number of rotatable bonds is 4. The molecule has 0 aliphatic rings. The molecule has 0 radical (unpaired) electrons. The zero-order valence-corrected chi connectivity index (χ0v) is 6.82. The molecule has 0 atom stereocenters. The van der Waals surface area contributed by atoms with Crippen LogP contribution in [-0.2, 0) is 13.2 Å². The van der Waals surface area contributed by atoms with Crippen LogP contribution in [0.1, 0.15) is 25.3 Å². The standard InChI is InChI=1S/C8H14N2O/c1-2-3-4-10-6-8(7-11)5-9-10/h5-6,11H,2-4,7H2,1H3. The Morgan fingerprint density at radius 3 is 3.00 bits per heavy atom. The summed E-state index contributed by atoms with van der Waals surface area (Å²) in [4.78, 5) is 0. The molecule has 0 bridgehead atoms. The first-order valence-electron chi connectivity index (χ1n) is 3.99. The summed E-state index contributed by atoms with van der Waals surface area (Å²) in [6.45, 7) is 3.19. The van der Waals surface area contributed by atoms with E-state index in [9.17, 15) is 0 Å². The van der Waals surface area contributed by atoms with Crippen LogP contribution in [0, 0.1) is 0 Å². The van der Waals surface area contributed by atoms with E-state index in [1.54, 1.807) is 6.20 Å². The molecule has 0 unspecified atom stereocenters. The zero-order chi connectivity index (χ0) is 8.10. The largest absolute Gasteiger partial charge is 0.392 e. The lowest BCUT2D eigenvalue weighted by atomic mass is 10.3. The van der Waals surface area contributed by atoms with Gasteiger partial charge in [0.2, 0.25) is 0 Å². The lowest BCUT2D eigenvalue weighted by molar-refractivity contribution is 0.281. The van der Waals surface area contributed by atoms with E-state index in [1.165, 1.54) is 6.42 Å². The highest BCUT2D eigenvalue weighted by Gasteiger charge is 1.94. The molecule has 62 valence electrons. The molecule has 0 amide bonds. The minimum atomic E-state index is 0.0894. The molecule has 1 N–H and O–H groups in total. The Balaban J connectivity index is 2.44. The van der Waals surface area contributed by atoms with Crippen molar-refractivity contribution < 1.29 is 5.11 Å². The monoisotopic (exact) mass is 154 g/mol. The number of hydrogen-bond donors (Lipinski definition) is 1. The second kappa shape index (κ2) is 4.13. The first-order chi connectivity index (χ1) is 5.36. The van der Waals surface area contributed by atoms with E-state index in [0.29, 0.717) is 0 Å². The molecule has 0 aliphatic heterocycles. The summed E-state index contributed by atoms with van der Waals surface area (Å²) >= 11 is 0. The van der Waals surface area contributed by atoms with Crippen molar-refractivity contribution in [1.29, 1.82) is 0 Å². The Hall–Kier alpha value is -0.830. The van der Waals surface area contributed by atoms with Gasteiger partial charge in [0.25, 0.3) is 0 Å². The van der Waals surface area contributed by atoms with Gasteiger partial charge in [-0.1, -0.05) is 13.3 Å². The van der Waals surface area contributed by atoms with Crippen LogP contribution in [0.15, 0.2) is 12.4 Å². The van der Waals surface area contributed by atoms with Gasteiger partial charge in [0.15, 0.2) is 0 Å². The number of aromatic nitrogens is 2. The number of unbranched alkanes of at least 4 members (excludes halogenated alkanes) is 1. The van der Waals surface area contributed by atoms with Crippen molar-refractivity contribution >= 4 is 0 Å². The molecule has 3 nitrogen and oxygen atoms in total. The summed E-state index contributed by atoms with van der Waals surface area (Å²) in [5.41, 5.74) is 0.890. The van der Waals surface area contributed by atoms with Crippen LogP contribution in [0.3, 0.4) is 0 Å². The van der Waals surface area contributed by atoms with Crippen LogP contribution in [0.4, 0.5) is 0 Å². The third kappa shape index (κ3) is 2.35. The molecule has 0 saturated carbocycles. The van der Waals surface area contributed by atoms with Gasteiger partial charge >= 0.3 is 0 Å². The van der Waals surface area contributed by atoms with Crippen molar-refractivity contribution in [3.63, 3.8) is 0 Å². The Bertz CT molecular complexity index is 208. The summed E-state index contributed by atoms with van der Waals surface area (Å²) in [5.74, 6) is 0. The van der Waals surface area contributed by atoms with E-state index in [1.807, 2.05) is 10.9 Å². The normalized spacial score (nSPS) is 10.4. The fraction of sp³-hybridized carbons (Fsp3) is 0.625. The Morgan fingerprint density at radius 1 is 1.64 bits per heavy atom. The Labute approximate surface area is 66.7 Å². The van der Waals surface area contributed by atoms with Crippen LogP contribution >= 0.6 is 0 Å². The van der Waals surface area contributed by atoms with Gasteiger partial charge < -0.3 is 5.11 Å². The lowest BCUT2D eigenvalue weighted by Crippen LogP contribution is -1.96. The number of aryl methyl sites for hydroxylation is 1. The molecular weight excluding hydrogens is 140 g/mol. The summed E-state index contributed by atoms with van der Waals surface area (Å²) < 4.78 is 1.87. The van der Waals surface area contributed by atoms with Gasteiger partial charge in [-0.2, -0.15) is 5.10 Å². The van der Waals surface area contributed by atoms with Gasteiger partial charge in [-0.3, -0.25) is 4.68 Å². The average molecular weight is 154 g/mol. The number of aliphatic hydroxyl groups excluding tert-OH is 1. The minimum absolute atomic E-state index is 0.0894. The highest BCUT2D eigenvalue weighted by Crippen LogP contribution is 1.98. The topological polar surface area (TPSA) is 38.0 Å². The first-order valence-corrected chi connectivity index (χ1v) is 3.99. The van der Waals surface area contributed by atoms with Gasteiger partial charge in [-0.15, -0.1) is 0 Å². The second-order valence-corrected chi connectivity index (χ2v) is 2.62. The van der Waals surface area contributed by atoms with Gasteiger partial charge in [0.05, 0.1) is 12.8 Å². The van der Waals surface area contributed by atoms with Crippen LogP contribution in [-0.4, -0.2) is 14.9 Å². The lowest BCUT2D eigenvalue weighted by Gasteiger charge is -1.96. The summed E-state index contributed by atoms with van der Waals surface area (Å²) in [7, 11) is 0. The molecule has 0 aliphatic carbocycles. The summed E-state index contributed by atoms with van der Waals surface area (Å²) in [6.07, 6.45) is 5.91. The maximum Gasteiger partial charge on any atom is 0.0712 e. The van der Waals surface area contributed by atoms with Crippen LogP contribution in [0.25, 0.3) is 0 Å². The second-order valence-electron chi connectivity index (χ2n) is 2.62. The minimum Gasteiger partial charge on any atom is -0.392 e. The first kappa shape index (κ1) is 8.27. The molecule has 1 rings (SSSR count). The molecular formula is C8H14N2O. The number of nitrogens with zero attached hydrogens (tertiary/aromatic N) is 2. The fourth-order valence-corrected chi connectivity index (χ4v) is 0.930.